The van der Waals surface area contributed by atoms with Crippen LogP contribution in [0.2, 0.25) is 0 Å². The van der Waals surface area contributed by atoms with Crippen LogP contribution >= 0.6 is 34.0 Å². The molecule has 0 aliphatic carbocycles. The minimum atomic E-state index is -4.94. The Morgan fingerprint density at radius 1 is 0.500 bits per heavy atom. The number of ketones is 3. The molecule has 3 aromatic rings. The molecular formula is C24H21EuF9O9S3. The zero-order chi connectivity index (χ0) is 32.3. The maximum absolute atomic E-state index is 11.7. The Balaban J connectivity index is -0.000000276. The number of aliphatic hydroxyl groups is 3. The summed E-state index contributed by atoms with van der Waals surface area (Å²) in [6.07, 6.45) is -14.3. The van der Waals surface area contributed by atoms with Gasteiger partial charge in [-0.05, 0) is 34.3 Å². The molecule has 0 atom stereocenters. The number of carbonyl (C=O) groups excluding carboxylic acids is 3. The Morgan fingerprint density at radius 2 is 0.696 bits per heavy atom. The Bertz CT molecular complexity index is 1240. The molecule has 9 nitrogen and oxygen atoms in total. The molecule has 0 fully saturated rings. The van der Waals surface area contributed by atoms with Crippen LogP contribution in [-0.4, -0.2) is 67.6 Å². The van der Waals surface area contributed by atoms with Gasteiger partial charge in [0.1, 0.15) is 17.3 Å². The normalized spacial score (nSPS) is 11.8. The van der Waals surface area contributed by atoms with E-state index in [9.17, 15) is 53.9 Å². The van der Waals surface area contributed by atoms with Crippen LogP contribution in [0.3, 0.4) is 0 Å². The first kappa shape index (κ1) is 50.4. The van der Waals surface area contributed by atoms with Crippen molar-refractivity contribution >= 4 is 68.6 Å². The van der Waals surface area contributed by atoms with Crippen LogP contribution in [0.4, 0.5) is 39.5 Å². The summed E-state index contributed by atoms with van der Waals surface area (Å²) in [5.41, 5.74) is 0. The van der Waals surface area contributed by atoms with Crippen molar-refractivity contribution in [2.24, 2.45) is 0 Å². The van der Waals surface area contributed by atoms with Gasteiger partial charge in [0.05, 0.1) is 14.6 Å². The van der Waals surface area contributed by atoms with E-state index < -0.39 is 53.2 Å². The molecule has 0 aliphatic rings. The van der Waals surface area contributed by atoms with Crippen LogP contribution in [0.1, 0.15) is 14.6 Å². The molecule has 259 valence electrons. The van der Waals surface area contributed by atoms with Crippen LogP contribution < -0.4 is 0 Å². The van der Waals surface area contributed by atoms with Crippen molar-refractivity contribution in [3.05, 3.63) is 85.4 Å². The van der Waals surface area contributed by atoms with E-state index in [1.165, 1.54) is 18.2 Å². The number of carbonyl (C=O) groups is 3. The van der Waals surface area contributed by atoms with E-state index in [0.717, 1.165) is 34.0 Å². The predicted octanol–water partition coefficient (Wildman–Crippen LogP) is 5.86. The van der Waals surface area contributed by atoms with Gasteiger partial charge < -0.3 is 31.7 Å². The minimum Gasteiger partial charge on any atom is -0.506 e. The van der Waals surface area contributed by atoms with Crippen molar-refractivity contribution in [3.8, 4) is 0 Å². The summed E-state index contributed by atoms with van der Waals surface area (Å²) in [5, 5.41) is 32.0. The van der Waals surface area contributed by atoms with Crippen molar-refractivity contribution in [1.29, 1.82) is 0 Å². The first-order chi connectivity index (χ1) is 19.2. The molecule has 0 spiro atoms. The van der Waals surface area contributed by atoms with Crippen molar-refractivity contribution in [1.82, 2.24) is 0 Å². The number of thiophene rings is 3. The summed E-state index contributed by atoms with van der Waals surface area (Å²) in [4.78, 5) is 31.9. The molecular weight excluding hydrogens is 851 g/mol. The second-order valence-corrected chi connectivity index (χ2v) is 9.95. The first-order valence-electron chi connectivity index (χ1n) is 10.4. The van der Waals surface area contributed by atoms with Gasteiger partial charge in [0, 0.05) is 67.6 Å². The van der Waals surface area contributed by atoms with Gasteiger partial charge in [0.25, 0.3) is 17.3 Å². The summed E-state index contributed by atoms with van der Waals surface area (Å²) in [7, 11) is 0. The second-order valence-electron chi connectivity index (χ2n) is 7.11. The fourth-order valence-electron chi connectivity index (χ4n) is 2.10. The van der Waals surface area contributed by atoms with Crippen molar-refractivity contribution < 1.29 is 135 Å². The van der Waals surface area contributed by atoms with E-state index in [4.69, 9.17) is 15.3 Å². The summed E-state index contributed by atoms with van der Waals surface area (Å²) < 4.78 is 106. The third kappa shape index (κ3) is 18.6. The molecule has 1 radical (unpaired) electrons. The van der Waals surface area contributed by atoms with Crippen LogP contribution in [-0.2, 0) is 14.4 Å². The topological polar surface area (TPSA) is 206 Å². The average molecular weight is 873 g/mol. The number of hydrogen-bond acceptors (Lipinski definition) is 9. The monoisotopic (exact) mass is 873 g/mol. The van der Waals surface area contributed by atoms with E-state index in [1.807, 2.05) is 0 Å². The quantitative estimate of drug-likeness (QED) is 0.157. The molecule has 0 saturated heterocycles. The summed E-state index contributed by atoms with van der Waals surface area (Å²) in [6.45, 7) is 0. The van der Waals surface area contributed by atoms with Gasteiger partial charge in [-0.1, -0.05) is 18.2 Å². The Hall–Kier alpha value is -2.44. The van der Waals surface area contributed by atoms with E-state index in [1.54, 1.807) is 34.3 Å². The van der Waals surface area contributed by atoms with Crippen LogP contribution in [0.15, 0.2) is 70.8 Å². The standard InChI is InChI=1S/3C8H5F3O2S.Eu.3H2O/c3*9-8(10,11)7(13)4-5(12)6-2-1-3-14-6;;;;/h3*1-4,12H;;3*1H2/b3*5-4-;;;;. The van der Waals surface area contributed by atoms with Gasteiger partial charge >= 0.3 is 18.5 Å². The molecule has 3 heterocycles. The van der Waals surface area contributed by atoms with Crippen LogP contribution in [0, 0.1) is 49.4 Å². The van der Waals surface area contributed by atoms with E-state index >= 15 is 0 Å². The maximum Gasteiger partial charge on any atom is 0.454 e. The van der Waals surface area contributed by atoms with Crippen molar-refractivity contribution in [2.45, 2.75) is 18.5 Å². The average Bonchev–Trinajstić information content (AvgIpc) is 3.66. The summed E-state index contributed by atoms with van der Waals surface area (Å²) in [6, 6.07) is 8.92. The Morgan fingerprint density at radius 3 is 0.826 bits per heavy atom. The van der Waals surface area contributed by atoms with E-state index in [0.29, 0.717) is 0 Å². The molecule has 0 bridgehead atoms. The third-order valence-electron chi connectivity index (χ3n) is 3.96. The predicted molar refractivity (Wildman–Crippen MR) is 149 cm³/mol. The molecule has 9 N–H and O–H groups in total. The van der Waals surface area contributed by atoms with E-state index in [2.05, 4.69) is 0 Å². The molecule has 0 unspecified atom stereocenters. The Labute approximate surface area is 305 Å². The fourth-order valence-corrected chi connectivity index (χ4v) is 4.03. The molecule has 0 amide bonds. The van der Waals surface area contributed by atoms with Gasteiger partial charge in [-0.25, -0.2) is 0 Å². The fraction of sp³-hybridized carbons (Fsp3) is 0.125. The molecule has 3 rings (SSSR count). The Kier molecular flexibility index (Phi) is 24.3. The number of rotatable bonds is 6. The minimum absolute atomic E-state index is 0. The molecule has 46 heavy (non-hydrogen) atoms. The van der Waals surface area contributed by atoms with Gasteiger partial charge in [-0.15, -0.1) is 34.0 Å². The van der Waals surface area contributed by atoms with Crippen molar-refractivity contribution in [2.75, 3.05) is 0 Å². The number of halogens is 9. The largest absolute Gasteiger partial charge is 0.506 e. The first-order valence-corrected chi connectivity index (χ1v) is 13.0. The van der Waals surface area contributed by atoms with Crippen LogP contribution in [0.25, 0.3) is 17.3 Å². The smallest absolute Gasteiger partial charge is 0.454 e. The SMILES string of the molecule is O.O.O.O=C(/C=C(\O)c1cccs1)C(F)(F)F.O=C(/C=C(\O)c1cccs1)C(F)(F)F.O=C(/C=C(\O)c1cccs1)C(F)(F)F.[Eu]. The van der Waals surface area contributed by atoms with Crippen molar-refractivity contribution in [3.63, 3.8) is 0 Å². The van der Waals surface area contributed by atoms with Gasteiger partial charge in [0.2, 0.25) is 0 Å². The van der Waals surface area contributed by atoms with Gasteiger partial charge in [-0.3, -0.25) is 14.4 Å². The number of allylic oxidation sites excluding steroid dienone is 3. The number of aliphatic hydroxyl groups excluding tert-OH is 3. The third-order valence-corrected chi connectivity index (χ3v) is 6.64. The summed E-state index contributed by atoms with van der Waals surface area (Å²) in [5.74, 6) is -8.19. The zero-order valence-electron chi connectivity index (χ0n) is 22.0. The molecule has 22 heteroatoms. The molecule has 0 aromatic carbocycles. The molecule has 3 aromatic heterocycles. The molecule has 0 aliphatic heterocycles. The number of hydrogen-bond donors (Lipinski definition) is 3. The second kappa shape index (κ2) is 22.2. The number of alkyl halides is 9. The summed E-state index contributed by atoms with van der Waals surface area (Å²) >= 11 is 3.14. The van der Waals surface area contributed by atoms with Gasteiger partial charge in [0.15, 0.2) is 0 Å². The van der Waals surface area contributed by atoms with E-state index in [-0.39, 0.29) is 98.7 Å². The molecule has 0 saturated carbocycles. The van der Waals surface area contributed by atoms with Gasteiger partial charge in [-0.2, -0.15) is 39.5 Å². The van der Waals surface area contributed by atoms with Crippen LogP contribution in [0.5, 0.6) is 0 Å². The maximum atomic E-state index is 11.7. The zero-order valence-corrected chi connectivity index (χ0v) is 26.9.